The molecule has 34 heavy (non-hydrogen) atoms. The zero-order valence-electron chi connectivity index (χ0n) is 20.0. The fraction of sp³-hybridized carbons (Fsp3) is 0.286. The van der Waals surface area contributed by atoms with Crippen molar-refractivity contribution in [3.63, 3.8) is 0 Å². The Morgan fingerprint density at radius 1 is 1.00 bits per heavy atom. The number of likely N-dealkylation sites (N-methyl/N-ethyl adjacent to an activating group) is 1. The molecule has 176 valence electrons. The minimum absolute atomic E-state index is 0.0211. The number of hydrogen-bond acceptors (Lipinski definition) is 5. The van der Waals surface area contributed by atoms with Crippen LogP contribution in [0, 0.1) is 0 Å². The molecule has 3 aromatic rings. The summed E-state index contributed by atoms with van der Waals surface area (Å²) in [6, 6.07) is 20.0. The minimum atomic E-state index is -0.683. The maximum atomic E-state index is 13.3. The van der Waals surface area contributed by atoms with E-state index >= 15 is 0 Å². The third-order valence-electron chi connectivity index (χ3n) is 5.95. The number of aliphatic hydroxyl groups excluding tert-OH is 1. The molecule has 1 aliphatic heterocycles. The molecule has 1 aliphatic rings. The van der Waals surface area contributed by atoms with Crippen LogP contribution in [0.15, 0.2) is 72.3 Å². The van der Waals surface area contributed by atoms with Gasteiger partial charge in [0, 0.05) is 18.7 Å². The van der Waals surface area contributed by atoms with Crippen molar-refractivity contribution in [2.24, 2.45) is 0 Å². The predicted octanol–water partition coefficient (Wildman–Crippen LogP) is 4.61. The van der Waals surface area contributed by atoms with Gasteiger partial charge in [-0.3, -0.25) is 9.59 Å². The SMILES string of the molecule is CC(C)Oc1ccc(/C(O)=C2/C(=O)C(=O)N(CCN(C)C)C2c2cccc3ccccc23)cc1. The van der Waals surface area contributed by atoms with E-state index in [4.69, 9.17) is 4.74 Å². The number of hydrogen-bond donors (Lipinski definition) is 1. The highest BCUT2D eigenvalue weighted by Crippen LogP contribution is 2.41. The van der Waals surface area contributed by atoms with Crippen LogP contribution in [-0.4, -0.2) is 59.9 Å². The fourth-order valence-electron chi connectivity index (χ4n) is 4.35. The van der Waals surface area contributed by atoms with Gasteiger partial charge in [-0.05, 0) is 68.5 Å². The van der Waals surface area contributed by atoms with Crippen molar-refractivity contribution in [2.75, 3.05) is 27.2 Å². The van der Waals surface area contributed by atoms with Crippen LogP contribution in [0.1, 0.15) is 31.0 Å². The lowest BCUT2D eigenvalue weighted by Gasteiger charge is -2.27. The van der Waals surface area contributed by atoms with Crippen molar-refractivity contribution >= 4 is 28.2 Å². The van der Waals surface area contributed by atoms with Crippen LogP contribution >= 0.6 is 0 Å². The number of ketones is 1. The average molecular weight is 459 g/mol. The molecular weight excluding hydrogens is 428 g/mol. The Labute approximate surface area is 200 Å². The van der Waals surface area contributed by atoms with Gasteiger partial charge in [0.2, 0.25) is 0 Å². The first-order valence-electron chi connectivity index (χ1n) is 11.5. The molecule has 0 aliphatic carbocycles. The summed E-state index contributed by atoms with van der Waals surface area (Å²) in [7, 11) is 3.84. The molecule has 1 unspecified atom stereocenters. The second-order valence-electron chi connectivity index (χ2n) is 9.06. The van der Waals surface area contributed by atoms with Crippen LogP contribution in [0.2, 0.25) is 0 Å². The number of rotatable bonds is 7. The first-order valence-corrected chi connectivity index (χ1v) is 11.5. The molecule has 4 rings (SSSR count). The van der Waals surface area contributed by atoms with Crippen LogP contribution in [-0.2, 0) is 9.59 Å². The number of carbonyl (C=O) groups is 2. The summed E-state index contributed by atoms with van der Waals surface area (Å²) in [5.74, 6) is -0.777. The van der Waals surface area contributed by atoms with Gasteiger partial charge in [-0.1, -0.05) is 42.5 Å². The van der Waals surface area contributed by atoms with Gasteiger partial charge >= 0.3 is 0 Å². The highest BCUT2D eigenvalue weighted by atomic mass is 16.5. The van der Waals surface area contributed by atoms with Crippen LogP contribution < -0.4 is 4.74 Å². The largest absolute Gasteiger partial charge is 0.507 e. The molecule has 0 radical (unpaired) electrons. The zero-order chi connectivity index (χ0) is 24.4. The van der Waals surface area contributed by atoms with Crippen molar-refractivity contribution in [1.29, 1.82) is 0 Å². The maximum absolute atomic E-state index is 13.3. The molecule has 1 amide bonds. The lowest BCUT2D eigenvalue weighted by atomic mass is 9.91. The summed E-state index contributed by atoms with van der Waals surface area (Å²) in [6.45, 7) is 4.83. The first-order chi connectivity index (χ1) is 16.3. The van der Waals surface area contributed by atoms with E-state index in [0.717, 1.165) is 16.3 Å². The molecule has 0 saturated carbocycles. The second-order valence-corrected chi connectivity index (χ2v) is 9.06. The number of amides is 1. The van der Waals surface area contributed by atoms with E-state index in [0.29, 0.717) is 24.4 Å². The third-order valence-corrected chi connectivity index (χ3v) is 5.95. The van der Waals surface area contributed by atoms with Crippen molar-refractivity contribution in [1.82, 2.24) is 9.80 Å². The molecule has 1 N–H and O–H groups in total. The molecule has 0 spiro atoms. The molecule has 6 nitrogen and oxygen atoms in total. The van der Waals surface area contributed by atoms with E-state index in [-0.39, 0.29) is 17.4 Å². The van der Waals surface area contributed by atoms with Gasteiger partial charge in [-0.25, -0.2) is 0 Å². The lowest BCUT2D eigenvalue weighted by molar-refractivity contribution is -0.140. The van der Waals surface area contributed by atoms with Gasteiger partial charge in [0.1, 0.15) is 11.5 Å². The number of fused-ring (bicyclic) bond motifs is 1. The van der Waals surface area contributed by atoms with Crippen molar-refractivity contribution in [3.8, 4) is 5.75 Å². The van der Waals surface area contributed by atoms with Gasteiger partial charge < -0.3 is 19.6 Å². The number of likely N-dealkylation sites (tertiary alicyclic amines) is 1. The standard InChI is InChI=1S/C28H30N2O4/c1-18(2)34-21-14-12-20(13-15-21)26(31)24-25(30(17-16-29(3)4)28(33)27(24)32)23-11-7-9-19-8-5-6-10-22(19)23/h5-15,18,25,31H,16-17H2,1-4H3/b26-24-. The minimum Gasteiger partial charge on any atom is -0.507 e. The second kappa shape index (κ2) is 9.69. The lowest BCUT2D eigenvalue weighted by Crippen LogP contribution is -2.35. The Morgan fingerprint density at radius 2 is 1.68 bits per heavy atom. The highest BCUT2D eigenvalue weighted by molar-refractivity contribution is 6.46. The number of carbonyl (C=O) groups excluding carboxylic acids is 2. The predicted molar refractivity (Wildman–Crippen MR) is 134 cm³/mol. The summed E-state index contributed by atoms with van der Waals surface area (Å²) in [6.07, 6.45) is 0.0211. The van der Waals surface area contributed by atoms with Crippen LogP contribution in [0.25, 0.3) is 16.5 Å². The van der Waals surface area contributed by atoms with Crippen molar-refractivity contribution < 1.29 is 19.4 Å². The number of nitrogens with zero attached hydrogens (tertiary/aromatic N) is 2. The van der Waals surface area contributed by atoms with Crippen molar-refractivity contribution in [3.05, 3.63) is 83.4 Å². The summed E-state index contributed by atoms with van der Waals surface area (Å²) < 4.78 is 5.69. The van der Waals surface area contributed by atoms with E-state index in [1.54, 1.807) is 29.2 Å². The van der Waals surface area contributed by atoms with E-state index in [9.17, 15) is 14.7 Å². The maximum Gasteiger partial charge on any atom is 0.295 e. The molecule has 1 fully saturated rings. The van der Waals surface area contributed by atoms with E-state index in [2.05, 4.69) is 0 Å². The molecule has 1 atom stereocenters. The highest BCUT2D eigenvalue weighted by Gasteiger charge is 2.46. The number of Topliss-reactive ketones (excluding diaryl/α,β-unsaturated/α-hetero) is 1. The van der Waals surface area contributed by atoms with Crippen LogP contribution in [0.4, 0.5) is 0 Å². The smallest absolute Gasteiger partial charge is 0.295 e. The summed E-state index contributed by atoms with van der Waals surface area (Å²) >= 11 is 0. The third kappa shape index (κ3) is 4.54. The summed E-state index contributed by atoms with van der Waals surface area (Å²) in [5, 5.41) is 13.3. The molecule has 1 heterocycles. The molecule has 0 aromatic heterocycles. The Hall–Kier alpha value is -3.64. The van der Waals surface area contributed by atoms with E-state index in [1.807, 2.05) is 75.3 Å². The molecule has 3 aromatic carbocycles. The van der Waals surface area contributed by atoms with Gasteiger partial charge in [0.05, 0.1) is 17.7 Å². The Morgan fingerprint density at radius 3 is 2.35 bits per heavy atom. The average Bonchev–Trinajstić information content (AvgIpc) is 3.06. The Kier molecular flexibility index (Phi) is 6.70. The topological polar surface area (TPSA) is 70.1 Å². The number of aliphatic hydroxyl groups is 1. The van der Waals surface area contributed by atoms with Gasteiger partial charge in [0.25, 0.3) is 11.7 Å². The van der Waals surface area contributed by atoms with Crippen LogP contribution in [0.5, 0.6) is 5.75 Å². The number of benzene rings is 3. The molecule has 1 saturated heterocycles. The summed E-state index contributed by atoms with van der Waals surface area (Å²) in [4.78, 5) is 30.0. The Bertz CT molecular complexity index is 1240. The zero-order valence-corrected chi connectivity index (χ0v) is 20.0. The van der Waals surface area contributed by atoms with Crippen molar-refractivity contribution in [2.45, 2.75) is 26.0 Å². The molecular formula is C28H30N2O4. The van der Waals surface area contributed by atoms with Crippen LogP contribution in [0.3, 0.4) is 0 Å². The quantitative estimate of drug-likeness (QED) is 0.318. The molecule has 0 bridgehead atoms. The Balaban J connectivity index is 1.86. The monoisotopic (exact) mass is 458 g/mol. The van der Waals surface area contributed by atoms with Gasteiger partial charge in [-0.2, -0.15) is 0 Å². The summed E-state index contributed by atoms with van der Waals surface area (Å²) in [5.41, 5.74) is 1.39. The fourth-order valence-corrected chi connectivity index (χ4v) is 4.35. The number of ether oxygens (including phenoxy) is 1. The van der Waals surface area contributed by atoms with E-state index in [1.165, 1.54) is 0 Å². The van der Waals surface area contributed by atoms with Gasteiger partial charge in [0.15, 0.2) is 0 Å². The van der Waals surface area contributed by atoms with E-state index < -0.39 is 17.7 Å². The van der Waals surface area contributed by atoms with Gasteiger partial charge in [-0.15, -0.1) is 0 Å². The normalized spacial score (nSPS) is 17.8. The first kappa shape index (κ1) is 23.5. The molecule has 6 heteroatoms.